The lowest BCUT2D eigenvalue weighted by Crippen LogP contribution is -2.63. The lowest BCUT2D eigenvalue weighted by molar-refractivity contribution is -0.142. The zero-order valence-electron chi connectivity index (χ0n) is 76.0. The number of imide groups is 1. The fraction of sp³-hybridized carbons (Fsp3) is 0.563. The Labute approximate surface area is 777 Å². The lowest BCUT2D eigenvalue weighted by Gasteiger charge is -2.30. The van der Waals surface area contributed by atoms with E-state index in [1.54, 1.807) is 45.9 Å². The summed E-state index contributed by atoms with van der Waals surface area (Å²) in [5, 5.41) is 128. The van der Waals surface area contributed by atoms with Gasteiger partial charge in [-0.15, -0.1) is 0 Å². The molecule has 17 amide bonds. The number of amides is 17. The zero-order valence-corrected chi connectivity index (χ0v) is 76.8. The molecular formula is C87H127N17O29S. The molecule has 26 N–H and O–H groups in total. The predicted molar refractivity (Wildman–Crippen MR) is 478 cm³/mol. The van der Waals surface area contributed by atoms with Crippen molar-refractivity contribution in [2.75, 3.05) is 45.1 Å². The van der Waals surface area contributed by atoms with Gasteiger partial charge in [0, 0.05) is 57.7 Å². The molecule has 0 aromatic heterocycles. The second-order valence-corrected chi connectivity index (χ2v) is 34.7. The summed E-state index contributed by atoms with van der Waals surface area (Å²) in [6.07, 6.45) is -6.78. The van der Waals surface area contributed by atoms with Crippen LogP contribution in [0.5, 0.6) is 11.5 Å². The molecule has 0 spiro atoms. The number of carboxylic acids is 3. The lowest BCUT2D eigenvalue weighted by atomic mass is 9.85. The molecule has 1 fully saturated rings. The first kappa shape index (κ1) is 113. The van der Waals surface area contributed by atoms with Gasteiger partial charge in [-0.05, 0) is 118 Å². The highest BCUT2D eigenvalue weighted by Gasteiger charge is 2.41. The van der Waals surface area contributed by atoms with E-state index in [1.807, 2.05) is 13.8 Å². The van der Waals surface area contributed by atoms with Crippen molar-refractivity contribution in [1.82, 2.24) is 84.7 Å². The summed E-state index contributed by atoms with van der Waals surface area (Å²) < 4.78 is 0. The number of nitrogens with one attached hydrogen (secondary N) is 15. The number of nitrogens with two attached hydrogens (primary N) is 1. The van der Waals surface area contributed by atoms with Crippen molar-refractivity contribution in [3.05, 3.63) is 95.6 Å². The van der Waals surface area contributed by atoms with Crippen LogP contribution in [0.1, 0.15) is 156 Å². The molecule has 47 heteroatoms. The molecule has 1 aliphatic heterocycles. The van der Waals surface area contributed by atoms with E-state index in [2.05, 4.69) is 79.8 Å². The van der Waals surface area contributed by atoms with Crippen LogP contribution in [0, 0.1) is 17.3 Å². The number of rotatable bonds is 60. The van der Waals surface area contributed by atoms with E-state index in [9.17, 15) is 142 Å². The minimum atomic E-state index is -2.23. The fourth-order valence-corrected chi connectivity index (χ4v) is 14.3. The van der Waals surface area contributed by atoms with Crippen LogP contribution in [0.15, 0.2) is 78.9 Å². The molecule has 0 saturated carbocycles. The van der Waals surface area contributed by atoms with Gasteiger partial charge in [0.1, 0.15) is 84.0 Å². The Morgan fingerprint density at radius 3 is 1.29 bits per heavy atom. The van der Waals surface area contributed by atoms with Crippen molar-refractivity contribution in [2.45, 2.75) is 249 Å². The topological polar surface area (TPSA) is 733 Å². The number of carboxylic acid groups (broad SMARTS) is 3. The molecule has 3 aromatic rings. The van der Waals surface area contributed by atoms with Crippen LogP contribution in [-0.2, 0) is 110 Å². The maximum atomic E-state index is 14.7. The highest BCUT2D eigenvalue weighted by molar-refractivity contribution is 8.14. The normalized spacial score (nSPS) is 15.5. The molecule has 1 aliphatic rings. The van der Waals surface area contributed by atoms with Crippen LogP contribution in [0.25, 0.3) is 0 Å². The Morgan fingerprint density at radius 1 is 0.425 bits per heavy atom. The number of aliphatic carboxylic acids is 3. The monoisotopic (exact) mass is 1910 g/mol. The summed E-state index contributed by atoms with van der Waals surface area (Å²) in [6, 6.07) is -4.39. The predicted octanol–water partition coefficient (Wildman–Crippen LogP) is -4.65. The highest BCUT2D eigenvalue weighted by atomic mass is 32.2. The van der Waals surface area contributed by atoms with Gasteiger partial charge in [0.05, 0.1) is 50.6 Å². The fourth-order valence-electron chi connectivity index (χ4n) is 13.5. The molecular weight excluding hydrogens is 1780 g/mol. The van der Waals surface area contributed by atoms with Gasteiger partial charge in [-0.3, -0.25) is 101 Å². The van der Waals surface area contributed by atoms with Gasteiger partial charge < -0.3 is 131 Å². The smallest absolute Gasteiger partial charge is 0.305 e. The molecule has 3 aromatic carbocycles. The van der Waals surface area contributed by atoms with E-state index in [0.29, 0.717) is 43.4 Å². The quantitative estimate of drug-likeness (QED) is 0.0236. The van der Waals surface area contributed by atoms with Crippen molar-refractivity contribution in [3.63, 3.8) is 0 Å². The first-order chi connectivity index (χ1) is 63.1. The molecule has 0 aliphatic carbocycles. The maximum Gasteiger partial charge on any atom is 0.305 e. The maximum absolute atomic E-state index is 14.7. The van der Waals surface area contributed by atoms with Crippen LogP contribution in [0.2, 0.25) is 0 Å². The Hall–Kier alpha value is -13.0. The molecule has 1 heterocycles. The molecule has 4 rings (SSSR count). The summed E-state index contributed by atoms with van der Waals surface area (Å²) >= 11 is 0.816. The number of carbonyl (C=O) groups is 20. The van der Waals surface area contributed by atoms with E-state index in [-0.39, 0.29) is 67.5 Å². The minimum absolute atomic E-state index is 0.0298. The number of hydrogen-bond acceptors (Lipinski definition) is 28. The SMILES string of the molecule is CC[C@H](C)[C@H](NC(=O)[C@H](CO)NC(=O)[C@H](Cc1ccc(O)cc1)NC(=O)[C@H](CC(=O)O)NC(=O)[C@H](CO)NC(=O)[C@@H](NC(=O)[C@H](Cc1ccccc1)NC(=O)[C@@H](NC(=O)CNC(=O)[C@H](CCC(=O)O)NC(=O)CC(C)(C)CC(=O)NCCN1C(=O)CSC1=O)[C@@H](C)O)[C@@H](C)O)C(=O)N[C@@H](Cc1ccc(O)cc1)C(=O)N[C@@H](CCC(C)C)C(=O)N[C@@H](CC(=O)O)C(=O)N[C@H](C)CCCCN. The first-order valence-electron chi connectivity index (χ1n) is 43.6. The number of thioether (sulfide) groups is 1. The average Bonchev–Trinajstić information content (AvgIpc) is 1.83. The van der Waals surface area contributed by atoms with Crippen LogP contribution in [-0.4, -0.2) is 304 Å². The molecule has 1 saturated heterocycles. The molecule has 0 unspecified atom stereocenters. The standard InChI is InChI=1S/C87H127N17O29S/c1-10-46(4)71(83(130)97-58(36-52-22-26-54(110)27-23-52)77(124)93-56(28-19-45(2)3)75(122)95-60(37-69(117)118)76(123)91-47(5)16-14-15-31-88)102-82(129)63(43-106)99-78(125)57(35-51-20-24-53(109)25-21-51)94-79(126)61(38-70(119)120)96-81(128)62(42-105)100-85(132)73(49(7)108)103-80(127)59(34-50-17-12-11-13-18-50)98-84(131)72(48(6)107)101-66(113)41-90-74(121)55(29-30-68(115)116)92-65(112)40-87(8,9)39-64(111)89-32-33-104-67(114)44-134-86(104)133/h11-13,17-18,20-27,45-49,55-63,71-73,105-110H,10,14-16,19,28-44,88H2,1-9H3,(H,89,111)(H,90,121)(H,91,123)(H,92,112)(H,93,124)(H,94,126)(H,95,122)(H,96,128)(H,97,130)(H,98,131)(H,99,125)(H,100,132)(H,101,113)(H,102,129)(H,103,127)(H,115,116)(H,117,118)(H,119,120)/t46-,47+,48+,49+,55-,56-,57-,58-,59-,60-,61-,62-,63-,71-,72-,73-/m0/s1. The minimum Gasteiger partial charge on any atom is -0.508 e. The summed E-state index contributed by atoms with van der Waals surface area (Å²) in [5.41, 5.74) is 5.41. The van der Waals surface area contributed by atoms with Crippen molar-refractivity contribution in [1.29, 1.82) is 0 Å². The number of unbranched alkanes of at least 4 members (excludes halogenated alkanes) is 1. The second kappa shape index (κ2) is 56.8. The molecule has 16 atom stereocenters. The van der Waals surface area contributed by atoms with Crippen molar-refractivity contribution in [2.24, 2.45) is 23.0 Å². The van der Waals surface area contributed by atoms with Gasteiger partial charge in [-0.25, -0.2) is 0 Å². The van der Waals surface area contributed by atoms with Crippen LogP contribution in [0.4, 0.5) is 4.79 Å². The Balaban J connectivity index is 1.54. The van der Waals surface area contributed by atoms with Gasteiger partial charge in [-0.2, -0.15) is 0 Å². The van der Waals surface area contributed by atoms with Crippen LogP contribution < -0.4 is 85.5 Å². The summed E-state index contributed by atoms with van der Waals surface area (Å²) in [4.78, 5) is 272. The number of phenols is 2. The number of aliphatic hydroxyl groups excluding tert-OH is 4. The summed E-state index contributed by atoms with van der Waals surface area (Å²) in [7, 11) is 0. The third kappa shape index (κ3) is 40.6. The first-order valence-corrected chi connectivity index (χ1v) is 44.5. The summed E-state index contributed by atoms with van der Waals surface area (Å²) in [6.45, 7) is 10.3. The molecule has 134 heavy (non-hydrogen) atoms. The van der Waals surface area contributed by atoms with Gasteiger partial charge >= 0.3 is 17.9 Å². The summed E-state index contributed by atoms with van der Waals surface area (Å²) in [5.74, 6) is -23.2. The number of phenolic OH excluding ortho intramolecular Hbond substituents is 2. The van der Waals surface area contributed by atoms with Gasteiger partial charge in [0.25, 0.3) is 5.24 Å². The second-order valence-electron chi connectivity index (χ2n) is 33.8. The number of aliphatic hydroxyl groups is 4. The zero-order chi connectivity index (χ0) is 100. The third-order valence-electron chi connectivity index (χ3n) is 21.2. The number of carbonyl (C=O) groups excluding carboxylic acids is 17. The van der Waals surface area contributed by atoms with Crippen LogP contribution >= 0.6 is 11.8 Å². The Morgan fingerprint density at radius 2 is 0.828 bits per heavy atom. The van der Waals surface area contributed by atoms with Gasteiger partial charge in [-0.1, -0.05) is 121 Å². The average molecular weight is 1910 g/mol. The van der Waals surface area contributed by atoms with E-state index in [4.69, 9.17) is 5.73 Å². The van der Waals surface area contributed by atoms with Crippen molar-refractivity contribution < 1.29 is 142 Å². The molecule has 46 nitrogen and oxygen atoms in total. The van der Waals surface area contributed by atoms with Crippen LogP contribution in [0.3, 0.4) is 0 Å². The van der Waals surface area contributed by atoms with Crippen molar-refractivity contribution >= 4 is 129 Å². The Bertz CT molecular complexity index is 4530. The molecule has 740 valence electrons. The van der Waals surface area contributed by atoms with E-state index < -0.39 is 284 Å². The van der Waals surface area contributed by atoms with Gasteiger partial charge in [0.2, 0.25) is 94.5 Å². The molecule has 0 bridgehead atoms. The molecule has 0 radical (unpaired) electrons. The van der Waals surface area contributed by atoms with Crippen molar-refractivity contribution in [3.8, 4) is 11.5 Å². The largest absolute Gasteiger partial charge is 0.508 e. The van der Waals surface area contributed by atoms with E-state index >= 15 is 0 Å². The number of nitrogens with zero attached hydrogens (tertiary/aromatic N) is 1. The number of aromatic hydroxyl groups is 2. The van der Waals surface area contributed by atoms with E-state index in [0.717, 1.165) is 30.5 Å². The number of hydrogen-bond donors (Lipinski definition) is 25. The van der Waals surface area contributed by atoms with E-state index in [1.165, 1.54) is 67.6 Å². The Kier molecular flexibility index (Phi) is 48.0. The number of benzene rings is 3. The highest BCUT2D eigenvalue weighted by Crippen LogP contribution is 2.26. The third-order valence-corrected chi connectivity index (χ3v) is 22.0. The van der Waals surface area contributed by atoms with Gasteiger partial charge in [0.15, 0.2) is 0 Å².